The van der Waals surface area contributed by atoms with E-state index in [1.54, 1.807) is 17.0 Å². The molecule has 2 aliphatic heterocycles. The normalized spacial score (nSPS) is 16.9. The van der Waals surface area contributed by atoms with Gasteiger partial charge in [0.15, 0.2) is 0 Å². The lowest BCUT2D eigenvalue weighted by atomic mass is 10.0. The Morgan fingerprint density at radius 3 is 2.44 bits per heavy atom. The Morgan fingerprint density at radius 2 is 1.71 bits per heavy atom. The summed E-state index contributed by atoms with van der Waals surface area (Å²) in [5.74, 6) is 0.920. The van der Waals surface area contributed by atoms with Gasteiger partial charge in [-0.05, 0) is 42.7 Å². The van der Waals surface area contributed by atoms with Crippen molar-refractivity contribution in [1.82, 2.24) is 29.1 Å². The minimum Gasteiger partial charge on any atom is -0.342 e. The number of piperidine rings is 1. The number of carbonyl (C=O) groups is 1. The summed E-state index contributed by atoms with van der Waals surface area (Å²) in [6.07, 6.45) is 2.99. The van der Waals surface area contributed by atoms with E-state index in [0.717, 1.165) is 53.0 Å². The van der Waals surface area contributed by atoms with Crippen LogP contribution in [-0.4, -0.2) is 92.7 Å². The third-order valence-corrected chi connectivity index (χ3v) is 8.04. The van der Waals surface area contributed by atoms with Gasteiger partial charge in [-0.15, -0.1) is 0 Å². The molecule has 6 rings (SSSR count). The quantitative estimate of drug-likeness (QED) is 0.398. The second-order valence-electron chi connectivity index (χ2n) is 10.6. The molecule has 0 saturated carbocycles. The number of carbonyl (C=O) groups excluding carboxylic acids is 1. The van der Waals surface area contributed by atoms with Gasteiger partial charge in [0.05, 0.1) is 17.6 Å². The molecule has 2 fully saturated rings. The van der Waals surface area contributed by atoms with Crippen LogP contribution in [0.2, 0.25) is 0 Å². The maximum Gasteiger partial charge on any atom is 0.334 e. The average molecular weight is 561 g/mol. The molecule has 2 aromatic carbocycles. The summed E-state index contributed by atoms with van der Waals surface area (Å²) < 4.78 is 16.8. The van der Waals surface area contributed by atoms with Gasteiger partial charge in [0.2, 0.25) is 11.9 Å². The highest BCUT2D eigenvalue weighted by atomic mass is 19.1. The first-order valence-corrected chi connectivity index (χ1v) is 13.9. The summed E-state index contributed by atoms with van der Waals surface area (Å²) in [5, 5.41) is 10.8. The Hall–Kier alpha value is -4.29. The van der Waals surface area contributed by atoms with Crippen molar-refractivity contribution < 1.29 is 14.4 Å². The zero-order chi connectivity index (χ0) is 28.5. The first kappa shape index (κ1) is 26.9. The molecule has 2 saturated heterocycles. The van der Waals surface area contributed by atoms with Crippen LogP contribution in [-0.2, 0) is 6.54 Å². The fraction of sp³-hybridized carbons (Fsp3) is 0.379. The third-order valence-electron chi connectivity index (χ3n) is 8.04. The number of hydrogen-bond donors (Lipinski definition) is 1. The van der Waals surface area contributed by atoms with Crippen LogP contribution in [0.5, 0.6) is 0 Å². The van der Waals surface area contributed by atoms with Gasteiger partial charge in [0, 0.05) is 64.6 Å². The maximum absolute atomic E-state index is 13.5. The van der Waals surface area contributed by atoms with E-state index in [1.807, 2.05) is 36.2 Å². The summed E-state index contributed by atoms with van der Waals surface area (Å²) in [4.78, 5) is 41.4. The van der Waals surface area contributed by atoms with Gasteiger partial charge in [0.1, 0.15) is 5.82 Å². The Morgan fingerprint density at radius 1 is 1.00 bits per heavy atom. The van der Waals surface area contributed by atoms with Crippen molar-refractivity contribution in [2.75, 3.05) is 56.1 Å². The van der Waals surface area contributed by atoms with Gasteiger partial charge in [-0.25, -0.2) is 19.2 Å². The number of anilines is 2. The van der Waals surface area contributed by atoms with Gasteiger partial charge in [0.25, 0.3) is 5.56 Å². The molecule has 12 heteroatoms. The molecule has 4 heterocycles. The minimum absolute atomic E-state index is 0.0591. The van der Waals surface area contributed by atoms with Crippen LogP contribution in [0, 0.1) is 5.82 Å². The smallest absolute Gasteiger partial charge is 0.334 e. The van der Waals surface area contributed by atoms with Crippen LogP contribution in [0.25, 0.3) is 11.0 Å². The molecule has 0 unspecified atom stereocenters. The molecule has 4 aromatic rings. The van der Waals surface area contributed by atoms with Crippen molar-refractivity contribution >= 4 is 29.0 Å². The van der Waals surface area contributed by atoms with Crippen molar-refractivity contribution in [3.05, 3.63) is 82.5 Å². The molecule has 2 aromatic heterocycles. The molecule has 1 N–H and O–H groups in total. The number of rotatable bonds is 5. The van der Waals surface area contributed by atoms with Crippen molar-refractivity contribution in [3.63, 3.8) is 0 Å². The molecule has 0 aliphatic carbocycles. The van der Waals surface area contributed by atoms with Crippen LogP contribution < -0.4 is 15.4 Å². The number of halogens is 1. The highest BCUT2D eigenvalue weighted by Gasteiger charge is 2.30. The van der Waals surface area contributed by atoms with Crippen LogP contribution >= 0.6 is 0 Å². The minimum atomic E-state index is -0.426. The number of amides is 1. The molecule has 0 bridgehead atoms. The zero-order valence-corrected chi connectivity index (χ0v) is 22.9. The summed E-state index contributed by atoms with van der Waals surface area (Å²) in [6, 6.07) is 15.5. The lowest BCUT2D eigenvalue weighted by Gasteiger charge is -2.38. The van der Waals surface area contributed by atoms with Crippen LogP contribution in [0.4, 0.5) is 21.1 Å². The fourth-order valence-corrected chi connectivity index (χ4v) is 5.70. The standard InChI is InChI=1S/C29H33FN8O3/c1-33(27-31-13-10-26(39)38(27)29(40)35-16-18-36(41)19-17-35)23-11-14-34(15-12-23)28-32-24-4-2-3-5-25(24)37(28)20-21-6-8-22(30)9-7-21/h2-10,13,23,41H,11-12,14-20H2,1H3. The maximum atomic E-state index is 13.5. The van der Waals surface area contributed by atoms with E-state index in [9.17, 15) is 19.2 Å². The zero-order valence-electron chi connectivity index (χ0n) is 22.9. The lowest BCUT2D eigenvalue weighted by molar-refractivity contribution is -0.111. The molecule has 1 amide bonds. The van der Waals surface area contributed by atoms with E-state index < -0.39 is 11.6 Å². The van der Waals surface area contributed by atoms with E-state index in [2.05, 4.69) is 14.5 Å². The molecular weight excluding hydrogens is 527 g/mol. The predicted molar refractivity (Wildman–Crippen MR) is 153 cm³/mol. The van der Waals surface area contributed by atoms with Crippen molar-refractivity contribution in [2.24, 2.45) is 0 Å². The molecular formula is C29H33FN8O3. The first-order valence-electron chi connectivity index (χ1n) is 13.9. The van der Waals surface area contributed by atoms with Crippen LogP contribution in [0.1, 0.15) is 18.4 Å². The highest BCUT2D eigenvalue weighted by Crippen LogP contribution is 2.28. The number of aromatic nitrogens is 4. The van der Waals surface area contributed by atoms with E-state index in [1.165, 1.54) is 29.5 Å². The summed E-state index contributed by atoms with van der Waals surface area (Å²) in [6.45, 7) is 3.35. The largest absolute Gasteiger partial charge is 0.342 e. The Labute approximate surface area is 236 Å². The van der Waals surface area contributed by atoms with Gasteiger partial charge < -0.3 is 24.5 Å². The second kappa shape index (κ2) is 11.3. The van der Waals surface area contributed by atoms with Crippen molar-refractivity contribution in [3.8, 4) is 0 Å². The third kappa shape index (κ3) is 5.40. The number of nitrogens with zero attached hydrogens (tertiary/aromatic N) is 8. The van der Waals surface area contributed by atoms with E-state index in [-0.39, 0.29) is 11.9 Å². The molecule has 214 valence electrons. The number of piperazine rings is 1. The number of hydroxylamine groups is 2. The second-order valence-corrected chi connectivity index (χ2v) is 10.6. The van der Waals surface area contributed by atoms with Gasteiger partial charge >= 0.3 is 6.03 Å². The molecule has 0 atom stereocenters. The molecule has 0 radical (unpaired) electrons. The number of benzene rings is 2. The Balaban J connectivity index is 1.21. The van der Waals surface area contributed by atoms with E-state index in [4.69, 9.17) is 4.98 Å². The van der Waals surface area contributed by atoms with Gasteiger partial charge in [-0.1, -0.05) is 24.3 Å². The van der Waals surface area contributed by atoms with Crippen LogP contribution in [0.3, 0.4) is 0 Å². The van der Waals surface area contributed by atoms with Crippen molar-refractivity contribution in [2.45, 2.75) is 25.4 Å². The summed E-state index contributed by atoms with van der Waals surface area (Å²) in [7, 11) is 1.88. The number of fused-ring (bicyclic) bond motifs is 1. The first-order chi connectivity index (χ1) is 19.9. The Kier molecular flexibility index (Phi) is 7.41. The number of imidazole rings is 1. The SMILES string of the molecule is CN(c1nccc(=O)n1C(=O)N1CCN(O)CC1)C1CCN(c2nc3ccccc3n2Cc2ccc(F)cc2)CC1. The monoisotopic (exact) mass is 560 g/mol. The number of para-hydroxylation sites is 2. The highest BCUT2D eigenvalue weighted by molar-refractivity contribution is 5.80. The summed E-state index contributed by atoms with van der Waals surface area (Å²) in [5.41, 5.74) is 2.49. The van der Waals surface area contributed by atoms with E-state index in [0.29, 0.717) is 38.7 Å². The van der Waals surface area contributed by atoms with Gasteiger partial charge in [-0.3, -0.25) is 4.79 Å². The molecule has 2 aliphatic rings. The lowest BCUT2D eigenvalue weighted by Crippen LogP contribution is -2.52. The topological polar surface area (TPSA) is 103 Å². The summed E-state index contributed by atoms with van der Waals surface area (Å²) >= 11 is 0. The average Bonchev–Trinajstić information content (AvgIpc) is 3.36. The molecule has 11 nitrogen and oxygen atoms in total. The predicted octanol–water partition coefficient (Wildman–Crippen LogP) is 2.86. The molecule has 0 spiro atoms. The molecule has 41 heavy (non-hydrogen) atoms. The van der Waals surface area contributed by atoms with E-state index >= 15 is 0 Å². The van der Waals surface area contributed by atoms with Gasteiger partial charge in [-0.2, -0.15) is 9.63 Å². The van der Waals surface area contributed by atoms with Crippen molar-refractivity contribution in [1.29, 1.82) is 0 Å². The fourth-order valence-electron chi connectivity index (χ4n) is 5.70. The Bertz CT molecular complexity index is 1590. The number of hydrogen-bond acceptors (Lipinski definition) is 8. The van der Waals surface area contributed by atoms with Crippen LogP contribution in [0.15, 0.2) is 65.6 Å².